The number of hydrogen-bond donors (Lipinski definition) is 0. The molecule has 0 aliphatic heterocycles. The first-order chi connectivity index (χ1) is 1.73. The Bertz CT molecular complexity index is 76.3. The molecule has 3 nitrogen and oxygen atoms in total. The number of rotatable bonds is 0. The van der Waals surface area contributed by atoms with Gasteiger partial charge in [0.15, 0.2) is 0 Å². The van der Waals surface area contributed by atoms with Gasteiger partial charge in [-0.05, 0) is 0 Å². The minimum absolute atomic E-state index is 0. The van der Waals surface area contributed by atoms with E-state index in [-0.39, 0.29) is 45.5 Å². The van der Waals surface area contributed by atoms with Gasteiger partial charge in [0.1, 0.15) is 0 Å². The summed E-state index contributed by atoms with van der Waals surface area (Å²) in [6.07, 6.45) is 0. The molecular formula is H2O3SrTi. The topological polar surface area (TPSA) is 51.2 Å². The molecule has 0 radical (unpaired) electrons. The Morgan fingerprint density at radius 2 is 1.00 bits per heavy atom. The fourth-order valence-electron chi connectivity index (χ4n) is 0. The summed E-state index contributed by atoms with van der Waals surface area (Å²) < 4.78 is 25.8. The molecular weight excluding hydrogens is 183 g/mol. The van der Waals surface area contributed by atoms with E-state index >= 15 is 0 Å². The van der Waals surface area contributed by atoms with Crippen LogP contribution in [0, 0.1) is 0 Å². The van der Waals surface area contributed by atoms with Crippen LogP contribution in [0.3, 0.4) is 0 Å². The Morgan fingerprint density at radius 3 is 1.00 bits per heavy atom. The molecule has 0 aliphatic carbocycles. The fourth-order valence-corrected chi connectivity index (χ4v) is 0. The monoisotopic (exact) mass is 186 g/mol. The van der Waals surface area contributed by atoms with Gasteiger partial charge in [-0.15, -0.1) is 0 Å². The fraction of sp³-hybridized carbons (Fsp3) is 0. The van der Waals surface area contributed by atoms with Crippen LogP contribution in [-0.4, -0.2) is 45.5 Å². The van der Waals surface area contributed by atoms with Crippen LogP contribution in [0.15, 0.2) is 0 Å². The van der Waals surface area contributed by atoms with Gasteiger partial charge >= 0.3 is 73.2 Å². The zero-order valence-electron chi connectivity index (χ0n) is 1.72. The van der Waals surface area contributed by atoms with Crippen LogP contribution in [0.4, 0.5) is 0 Å². The maximum atomic E-state index is 8.58. The van der Waals surface area contributed by atoms with Gasteiger partial charge in [-0.2, -0.15) is 0 Å². The van der Waals surface area contributed by atoms with E-state index < -0.39 is 17.8 Å². The van der Waals surface area contributed by atoms with Gasteiger partial charge in [-0.25, -0.2) is 0 Å². The molecule has 26 valence electrons. The molecule has 0 fully saturated rings. The molecule has 0 atom stereocenters. The molecule has 0 saturated heterocycles. The molecule has 0 amide bonds. The first-order valence-electron chi connectivity index (χ1n) is 0.612. The van der Waals surface area contributed by atoms with Crippen molar-refractivity contribution in [2.75, 3.05) is 0 Å². The molecule has 0 aromatic rings. The van der Waals surface area contributed by atoms with Crippen molar-refractivity contribution in [2.45, 2.75) is 0 Å². The predicted molar refractivity (Wildman–Crippen MR) is 10.6 cm³/mol. The summed E-state index contributed by atoms with van der Waals surface area (Å²) in [5, 5.41) is 0. The third kappa shape index (κ3) is 28.4. The molecule has 5 heteroatoms. The van der Waals surface area contributed by atoms with Crippen molar-refractivity contribution in [2.24, 2.45) is 0 Å². The molecule has 0 aromatic heterocycles. The summed E-state index contributed by atoms with van der Waals surface area (Å²) in [5.74, 6) is 0. The summed E-state index contributed by atoms with van der Waals surface area (Å²) in [6.45, 7) is 0. The molecule has 0 heterocycles. The average molecular weight is 185 g/mol. The average Bonchev–Trinajstić information content (AvgIpc) is 0.811. The van der Waals surface area contributed by atoms with E-state index in [1.165, 1.54) is 0 Å². The molecule has 0 aliphatic rings. The van der Waals surface area contributed by atoms with E-state index in [0.29, 0.717) is 0 Å². The second-order valence-corrected chi connectivity index (χ2v) is 1.03. The third-order valence-electron chi connectivity index (χ3n) is 0. The summed E-state index contributed by atoms with van der Waals surface area (Å²) in [4.78, 5) is 0. The van der Waals surface area contributed by atoms with Crippen molar-refractivity contribution in [3.63, 3.8) is 0 Å². The Hall–Kier alpha value is 1.59. The van der Waals surface area contributed by atoms with Gasteiger partial charge in [0, 0.05) is 0 Å². The molecule has 0 spiro atoms. The van der Waals surface area contributed by atoms with Crippen LogP contribution in [0.25, 0.3) is 0 Å². The Morgan fingerprint density at radius 1 is 1.00 bits per heavy atom. The summed E-state index contributed by atoms with van der Waals surface area (Å²) in [7, 11) is 0. The summed E-state index contributed by atoms with van der Waals surface area (Å²) in [6, 6.07) is 0. The van der Waals surface area contributed by atoms with Crippen molar-refractivity contribution >= 4 is 45.5 Å². The molecule has 0 bridgehead atoms. The second-order valence-electron chi connectivity index (χ2n) is 0.250. The van der Waals surface area contributed by atoms with Gasteiger partial charge in [0.25, 0.3) is 0 Å². The molecule has 0 unspecified atom stereocenters. The van der Waals surface area contributed by atoms with E-state index in [2.05, 4.69) is 0 Å². The first kappa shape index (κ1) is 9.78. The van der Waals surface area contributed by atoms with Crippen molar-refractivity contribution < 1.29 is 27.8 Å². The van der Waals surface area contributed by atoms with E-state index in [9.17, 15) is 0 Å². The standard InChI is InChI=1S/3O.Sr.Ti.2H. The van der Waals surface area contributed by atoms with Crippen molar-refractivity contribution in [3.8, 4) is 0 Å². The second kappa shape index (κ2) is 5.59. The van der Waals surface area contributed by atoms with E-state index in [4.69, 9.17) is 9.97 Å². The van der Waals surface area contributed by atoms with E-state index in [0.717, 1.165) is 0 Å². The Kier molecular flexibility index (Phi) is 10.9. The zero-order valence-corrected chi connectivity index (χ0v) is 3.29. The Balaban J connectivity index is 0. The third-order valence-corrected chi connectivity index (χ3v) is 0. The van der Waals surface area contributed by atoms with Gasteiger partial charge < -0.3 is 0 Å². The van der Waals surface area contributed by atoms with Gasteiger partial charge in [0.05, 0.1) is 0 Å². The van der Waals surface area contributed by atoms with Crippen LogP contribution in [0.1, 0.15) is 0 Å². The maximum absolute atomic E-state index is 8.58. The van der Waals surface area contributed by atoms with Gasteiger partial charge in [-0.3, -0.25) is 0 Å². The summed E-state index contributed by atoms with van der Waals surface area (Å²) in [5.41, 5.74) is 0. The van der Waals surface area contributed by atoms with E-state index in [1.807, 2.05) is 0 Å². The van der Waals surface area contributed by atoms with Crippen molar-refractivity contribution in [3.05, 3.63) is 0 Å². The van der Waals surface area contributed by atoms with Crippen molar-refractivity contribution in [1.82, 2.24) is 0 Å². The van der Waals surface area contributed by atoms with Crippen LogP contribution in [0.2, 0.25) is 0 Å². The zero-order chi connectivity index (χ0) is 3.58. The van der Waals surface area contributed by atoms with Crippen molar-refractivity contribution in [1.29, 1.82) is 0 Å². The molecule has 5 heavy (non-hydrogen) atoms. The van der Waals surface area contributed by atoms with Crippen LogP contribution in [0.5, 0.6) is 0 Å². The molecule has 0 aromatic carbocycles. The SMILES string of the molecule is [O]=[Ti](=[O])=[O].[SrH2]. The van der Waals surface area contributed by atoms with Gasteiger partial charge in [-0.1, -0.05) is 0 Å². The molecule has 0 saturated carbocycles. The Labute approximate surface area is 71.8 Å². The van der Waals surface area contributed by atoms with Crippen LogP contribution in [-0.2, 0) is 27.8 Å². The normalized spacial score (nSPS) is 3.00. The van der Waals surface area contributed by atoms with Crippen LogP contribution >= 0.6 is 0 Å². The summed E-state index contributed by atoms with van der Waals surface area (Å²) >= 11 is -4.08. The molecule has 0 rings (SSSR count). The molecule has 0 N–H and O–H groups in total. The van der Waals surface area contributed by atoms with E-state index in [1.54, 1.807) is 0 Å². The minimum atomic E-state index is -4.08. The predicted octanol–water partition coefficient (Wildman–Crippen LogP) is -1.28. The van der Waals surface area contributed by atoms with Gasteiger partial charge in [0.2, 0.25) is 0 Å². The quantitative estimate of drug-likeness (QED) is 0.442. The number of hydrogen-bond acceptors (Lipinski definition) is 3. The van der Waals surface area contributed by atoms with Crippen LogP contribution < -0.4 is 0 Å². The first-order valence-corrected chi connectivity index (χ1v) is 2.52.